The van der Waals surface area contributed by atoms with Gasteiger partial charge in [-0.1, -0.05) is 49.3 Å². The maximum Gasteiger partial charge on any atom is 0.124 e. The van der Waals surface area contributed by atoms with E-state index in [1.807, 2.05) is 36.5 Å². The van der Waals surface area contributed by atoms with Gasteiger partial charge in [0.25, 0.3) is 0 Å². The molecular weight excluding hydrogens is 376 g/mol. The molecule has 142 valence electrons. The third-order valence-corrected chi connectivity index (χ3v) is 5.43. The van der Waals surface area contributed by atoms with E-state index in [1.54, 1.807) is 11.8 Å². The van der Waals surface area contributed by atoms with E-state index in [0.717, 1.165) is 38.7 Å². The molecule has 2 aromatic heterocycles. The Morgan fingerprint density at radius 2 is 1.96 bits per heavy atom. The Morgan fingerprint density at radius 3 is 2.59 bits per heavy atom. The Kier molecular flexibility index (Phi) is 6.58. The molecule has 0 saturated carbocycles. The number of hydrogen-bond acceptors (Lipinski definition) is 4. The van der Waals surface area contributed by atoms with Gasteiger partial charge in [0.05, 0.1) is 24.5 Å². The average molecular weight is 401 g/mol. The lowest BCUT2D eigenvalue weighted by Gasteiger charge is -2.15. The molecule has 0 radical (unpaired) electrons. The fourth-order valence-corrected chi connectivity index (χ4v) is 4.33. The second kappa shape index (κ2) is 8.91. The molecular formula is C21H25ClN4S. The van der Waals surface area contributed by atoms with E-state index in [-0.39, 0.29) is 0 Å². The van der Waals surface area contributed by atoms with Crippen LogP contribution in [0.25, 0.3) is 0 Å². The number of benzene rings is 1. The zero-order valence-electron chi connectivity index (χ0n) is 16.2. The van der Waals surface area contributed by atoms with Crippen molar-refractivity contribution < 1.29 is 0 Å². The molecule has 2 heterocycles. The molecule has 0 N–H and O–H groups in total. The predicted octanol–water partition coefficient (Wildman–Crippen LogP) is 5.32. The predicted molar refractivity (Wildman–Crippen MR) is 113 cm³/mol. The van der Waals surface area contributed by atoms with Crippen LogP contribution in [-0.2, 0) is 13.1 Å². The largest absolute Gasteiger partial charge is 0.316 e. The molecule has 0 aliphatic heterocycles. The summed E-state index contributed by atoms with van der Waals surface area (Å²) in [5, 5.41) is 1.91. The SMILES string of the molecule is CC(C)c1nc(CN(C)C)n(Cc2ccccn2)c1Sc1cccc(Cl)c1. The van der Waals surface area contributed by atoms with Gasteiger partial charge < -0.3 is 9.47 Å². The molecule has 4 nitrogen and oxygen atoms in total. The van der Waals surface area contributed by atoms with Crippen LogP contribution < -0.4 is 0 Å². The molecule has 0 saturated heterocycles. The van der Waals surface area contributed by atoms with Gasteiger partial charge in [-0.3, -0.25) is 4.98 Å². The van der Waals surface area contributed by atoms with Gasteiger partial charge >= 0.3 is 0 Å². The molecule has 0 aliphatic rings. The summed E-state index contributed by atoms with van der Waals surface area (Å²) < 4.78 is 2.29. The highest BCUT2D eigenvalue weighted by Crippen LogP contribution is 2.36. The van der Waals surface area contributed by atoms with Crippen LogP contribution in [0.1, 0.15) is 37.0 Å². The van der Waals surface area contributed by atoms with Crippen molar-refractivity contribution in [1.29, 1.82) is 0 Å². The molecule has 0 spiro atoms. The molecule has 3 rings (SSSR count). The van der Waals surface area contributed by atoms with E-state index in [0.29, 0.717) is 12.5 Å². The van der Waals surface area contributed by atoms with Crippen LogP contribution >= 0.6 is 23.4 Å². The van der Waals surface area contributed by atoms with Crippen molar-refractivity contribution in [2.24, 2.45) is 0 Å². The van der Waals surface area contributed by atoms with Crippen LogP contribution in [0, 0.1) is 0 Å². The monoisotopic (exact) mass is 400 g/mol. The molecule has 1 aromatic carbocycles. The Balaban J connectivity index is 2.07. The van der Waals surface area contributed by atoms with Crippen molar-refractivity contribution in [3.8, 4) is 0 Å². The molecule has 0 unspecified atom stereocenters. The van der Waals surface area contributed by atoms with Crippen LogP contribution in [-0.4, -0.2) is 33.5 Å². The first-order valence-corrected chi connectivity index (χ1v) is 10.2. The minimum absolute atomic E-state index is 0.331. The number of hydrogen-bond donors (Lipinski definition) is 0. The maximum atomic E-state index is 6.20. The third kappa shape index (κ3) is 5.12. The van der Waals surface area contributed by atoms with E-state index in [2.05, 4.69) is 54.5 Å². The first-order chi connectivity index (χ1) is 12.9. The van der Waals surface area contributed by atoms with Crippen LogP contribution in [0.5, 0.6) is 0 Å². The normalized spacial score (nSPS) is 11.5. The summed E-state index contributed by atoms with van der Waals surface area (Å²) in [5.41, 5.74) is 2.14. The minimum Gasteiger partial charge on any atom is -0.316 e. The van der Waals surface area contributed by atoms with Gasteiger partial charge in [-0.05, 0) is 50.3 Å². The van der Waals surface area contributed by atoms with Crippen LogP contribution in [0.15, 0.2) is 58.6 Å². The topological polar surface area (TPSA) is 34.0 Å². The first kappa shape index (κ1) is 19.9. The molecule has 0 bridgehead atoms. The van der Waals surface area contributed by atoms with E-state index in [1.165, 1.54) is 0 Å². The van der Waals surface area contributed by atoms with E-state index < -0.39 is 0 Å². The van der Waals surface area contributed by atoms with Crippen molar-refractivity contribution in [2.75, 3.05) is 14.1 Å². The van der Waals surface area contributed by atoms with E-state index in [4.69, 9.17) is 16.6 Å². The highest BCUT2D eigenvalue weighted by molar-refractivity contribution is 7.99. The molecule has 3 aromatic rings. The number of pyridine rings is 1. The molecule has 27 heavy (non-hydrogen) atoms. The molecule has 0 amide bonds. The highest BCUT2D eigenvalue weighted by Gasteiger charge is 2.21. The number of imidazole rings is 1. The second-order valence-electron chi connectivity index (χ2n) is 7.08. The summed E-state index contributed by atoms with van der Waals surface area (Å²) in [6, 6.07) is 14.0. The number of aromatic nitrogens is 3. The smallest absolute Gasteiger partial charge is 0.124 e. The summed E-state index contributed by atoms with van der Waals surface area (Å²) in [4.78, 5) is 12.8. The van der Waals surface area contributed by atoms with E-state index >= 15 is 0 Å². The van der Waals surface area contributed by atoms with Crippen molar-refractivity contribution in [3.05, 3.63) is 70.9 Å². The average Bonchev–Trinajstić information content (AvgIpc) is 2.93. The Hall–Kier alpha value is -1.82. The van der Waals surface area contributed by atoms with Crippen molar-refractivity contribution >= 4 is 23.4 Å². The number of rotatable bonds is 7. The van der Waals surface area contributed by atoms with Crippen molar-refractivity contribution in [1.82, 2.24) is 19.4 Å². The van der Waals surface area contributed by atoms with Crippen LogP contribution in [0.2, 0.25) is 5.02 Å². The highest BCUT2D eigenvalue weighted by atomic mass is 35.5. The van der Waals surface area contributed by atoms with Gasteiger partial charge in [0.15, 0.2) is 0 Å². The van der Waals surface area contributed by atoms with Crippen molar-refractivity contribution in [2.45, 2.75) is 42.8 Å². The quantitative estimate of drug-likeness (QED) is 0.537. The summed E-state index contributed by atoms with van der Waals surface area (Å²) in [6.07, 6.45) is 1.84. The lowest BCUT2D eigenvalue weighted by Crippen LogP contribution is -2.16. The lowest BCUT2D eigenvalue weighted by molar-refractivity contribution is 0.380. The van der Waals surface area contributed by atoms with Gasteiger partial charge in [-0.2, -0.15) is 0 Å². The summed E-state index contributed by atoms with van der Waals surface area (Å²) >= 11 is 7.92. The first-order valence-electron chi connectivity index (χ1n) is 9.01. The fourth-order valence-electron chi connectivity index (χ4n) is 2.85. The maximum absolute atomic E-state index is 6.20. The second-order valence-corrected chi connectivity index (χ2v) is 8.58. The molecule has 0 atom stereocenters. The number of halogens is 1. The van der Waals surface area contributed by atoms with Crippen LogP contribution in [0.4, 0.5) is 0 Å². The van der Waals surface area contributed by atoms with Gasteiger partial charge in [0.2, 0.25) is 0 Å². The fraction of sp³-hybridized carbons (Fsp3) is 0.333. The Labute approximate surface area is 170 Å². The summed E-state index contributed by atoms with van der Waals surface area (Å²) in [6.45, 7) is 5.86. The summed E-state index contributed by atoms with van der Waals surface area (Å²) in [5.74, 6) is 1.39. The van der Waals surface area contributed by atoms with E-state index in [9.17, 15) is 0 Å². The zero-order valence-corrected chi connectivity index (χ0v) is 17.8. The number of nitrogens with zero attached hydrogens (tertiary/aromatic N) is 4. The Bertz CT molecular complexity index is 890. The third-order valence-electron chi connectivity index (χ3n) is 4.09. The molecule has 6 heteroatoms. The molecule has 0 fully saturated rings. The molecule has 0 aliphatic carbocycles. The van der Waals surface area contributed by atoms with Gasteiger partial charge in [0.1, 0.15) is 10.9 Å². The minimum atomic E-state index is 0.331. The van der Waals surface area contributed by atoms with Gasteiger partial charge in [0, 0.05) is 16.1 Å². The van der Waals surface area contributed by atoms with Gasteiger partial charge in [-0.15, -0.1) is 0 Å². The lowest BCUT2D eigenvalue weighted by atomic mass is 10.1. The van der Waals surface area contributed by atoms with Crippen LogP contribution in [0.3, 0.4) is 0 Å². The zero-order chi connectivity index (χ0) is 19.4. The standard InChI is InChI=1S/C21H25ClN4S/c1-15(2)20-21(27-18-10-7-8-16(22)12-18)26(19(24-20)14-25(3)4)13-17-9-5-6-11-23-17/h5-12,15H,13-14H2,1-4H3. The van der Waals surface area contributed by atoms with Gasteiger partial charge in [-0.25, -0.2) is 4.98 Å². The summed E-state index contributed by atoms with van der Waals surface area (Å²) in [7, 11) is 4.14. The Morgan fingerprint density at radius 1 is 1.15 bits per heavy atom. The van der Waals surface area contributed by atoms with Crippen molar-refractivity contribution in [3.63, 3.8) is 0 Å².